The third-order valence-corrected chi connectivity index (χ3v) is 5.42. The second kappa shape index (κ2) is 6.07. The van der Waals surface area contributed by atoms with Gasteiger partial charge in [-0.05, 0) is 30.1 Å². The molecule has 2 aliphatic carbocycles. The van der Waals surface area contributed by atoms with Gasteiger partial charge < -0.3 is 0 Å². The van der Waals surface area contributed by atoms with Gasteiger partial charge in [-0.15, -0.1) is 0 Å². The number of rotatable bonds is 7. The standard InChI is InChI=1S/C16H30/c1-3-6-15(16-9-5-10-16)12-11-13(2)14-7-4-8-14/h13-16H,3-12H2,1-2H3. The Kier molecular flexibility index (Phi) is 4.73. The fourth-order valence-electron chi connectivity index (χ4n) is 3.62. The highest BCUT2D eigenvalue weighted by Gasteiger charge is 2.28. The first kappa shape index (κ1) is 12.5. The van der Waals surface area contributed by atoms with Crippen molar-refractivity contribution in [3.63, 3.8) is 0 Å². The maximum absolute atomic E-state index is 2.51. The quantitative estimate of drug-likeness (QED) is 0.539. The monoisotopic (exact) mass is 222 g/mol. The van der Waals surface area contributed by atoms with Crippen LogP contribution in [0.3, 0.4) is 0 Å². The molecule has 0 aromatic carbocycles. The third kappa shape index (κ3) is 3.02. The molecule has 2 rings (SSSR count). The smallest absolute Gasteiger partial charge is 0.0386 e. The molecule has 0 nitrogen and oxygen atoms in total. The lowest BCUT2D eigenvalue weighted by Gasteiger charge is -2.36. The van der Waals surface area contributed by atoms with E-state index in [1.165, 1.54) is 51.4 Å². The van der Waals surface area contributed by atoms with Gasteiger partial charge in [0, 0.05) is 0 Å². The van der Waals surface area contributed by atoms with Crippen LogP contribution in [-0.2, 0) is 0 Å². The zero-order chi connectivity index (χ0) is 11.4. The Balaban J connectivity index is 1.67. The second-order valence-electron chi connectivity index (χ2n) is 6.49. The van der Waals surface area contributed by atoms with Crippen molar-refractivity contribution in [1.82, 2.24) is 0 Å². The van der Waals surface area contributed by atoms with Crippen LogP contribution in [0.1, 0.15) is 78.1 Å². The first-order chi connectivity index (χ1) is 7.81. The summed E-state index contributed by atoms with van der Waals surface area (Å²) in [5, 5.41) is 0. The lowest BCUT2D eigenvalue weighted by molar-refractivity contribution is 0.151. The summed E-state index contributed by atoms with van der Waals surface area (Å²) in [5.41, 5.74) is 0. The van der Waals surface area contributed by atoms with E-state index in [9.17, 15) is 0 Å². The van der Waals surface area contributed by atoms with Crippen LogP contribution in [0.5, 0.6) is 0 Å². The molecule has 2 fully saturated rings. The van der Waals surface area contributed by atoms with E-state index in [1.54, 1.807) is 12.8 Å². The zero-order valence-electron chi connectivity index (χ0n) is 11.4. The molecule has 0 radical (unpaired) electrons. The topological polar surface area (TPSA) is 0 Å². The Hall–Kier alpha value is 0. The van der Waals surface area contributed by atoms with E-state index in [4.69, 9.17) is 0 Å². The molecule has 2 aliphatic rings. The Morgan fingerprint density at radius 2 is 1.50 bits per heavy atom. The molecule has 0 aromatic rings. The van der Waals surface area contributed by atoms with Gasteiger partial charge in [-0.1, -0.05) is 71.6 Å². The number of hydrogen-bond donors (Lipinski definition) is 0. The first-order valence-corrected chi connectivity index (χ1v) is 7.81. The molecule has 0 aromatic heterocycles. The summed E-state index contributed by atoms with van der Waals surface area (Å²) in [4.78, 5) is 0. The van der Waals surface area contributed by atoms with Gasteiger partial charge >= 0.3 is 0 Å². The first-order valence-electron chi connectivity index (χ1n) is 7.81. The van der Waals surface area contributed by atoms with Gasteiger partial charge in [0.05, 0.1) is 0 Å². The summed E-state index contributed by atoms with van der Waals surface area (Å²) in [6.45, 7) is 4.87. The maximum Gasteiger partial charge on any atom is -0.0386 e. The predicted octanol–water partition coefficient (Wildman–Crippen LogP) is 5.42. The summed E-state index contributed by atoms with van der Waals surface area (Å²) < 4.78 is 0. The Morgan fingerprint density at radius 3 is 1.94 bits per heavy atom. The van der Waals surface area contributed by atoms with Crippen LogP contribution in [0.25, 0.3) is 0 Å². The van der Waals surface area contributed by atoms with Crippen LogP contribution < -0.4 is 0 Å². The molecule has 0 aliphatic heterocycles. The molecule has 0 heterocycles. The molecule has 2 atom stereocenters. The van der Waals surface area contributed by atoms with Crippen LogP contribution in [0.15, 0.2) is 0 Å². The van der Waals surface area contributed by atoms with Crippen LogP contribution in [0.4, 0.5) is 0 Å². The highest BCUT2D eigenvalue weighted by atomic mass is 14.3. The molecule has 0 heteroatoms. The van der Waals surface area contributed by atoms with E-state index in [1.807, 2.05) is 0 Å². The minimum atomic E-state index is 1.02. The minimum absolute atomic E-state index is 1.02. The summed E-state index contributed by atoms with van der Waals surface area (Å²) >= 11 is 0. The molecule has 0 spiro atoms. The lowest BCUT2D eigenvalue weighted by Crippen LogP contribution is -2.24. The van der Waals surface area contributed by atoms with E-state index >= 15 is 0 Å². The minimum Gasteiger partial charge on any atom is -0.0654 e. The van der Waals surface area contributed by atoms with E-state index < -0.39 is 0 Å². The molecule has 94 valence electrons. The molecule has 0 amide bonds. The summed E-state index contributed by atoms with van der Waals surface area (Å²) in [5.74, 6) is 4.33. The summed E-state index contributed by atoms with van der Waals surface area (Å²) in [6.07, 6.45) is 15.1. The Morgan fingerprint density at radius 1 is 0.875 bits per heavy atom. The van der Waals surface area contributed by atoms with Crippen molar-refractivity contribution in [3.05, 3.63) is 0 Å². The summed E-state index contributed by atoms with van der Waals surface area (Å²) in [7, 11) is 0. The molecule has 0 bridgehead atoms. The SMILES string of the molecule is CCCC(CCC(C)C1CCC1)C1CCC1. The van der Waals surface area contributed by atoms with Crippen LogP contribution in [0, 0.1) is 23.7 Å². The lowest BCUT2D eigenvalue weighted by atomic mass is 9.69. The molecule has 16 heavy (non-hydrogen) atoms. The van der Waals surface area contributed by atoms with Crippen molar-refractivity contribution in [3.8, 4) is 0 Å². The van der Waals surface area contributed by atoms with Crippen molar-refractivity contribution < 1.29 is 0 Å². The van der Waals surface area contributed by atoms with Gasteiger partial charge in [-0.3, -0.25) is 0 Å². The van der Waals surface area contributed by atoms with Crippen molar-refractivity contribution in [2.24, 2.45) is 23.7 Å². The van der Waals surface area contributed by atoms with E-state index in [-0.39, 0.29) is 0 Å². The van der Waals surface area contributed by atoms with Gasteiger partial charge in [0.25, 0.3) is 0 Å². The average molecular weight is 222 g/mol. The van der Waals surface area contributed by atoms with Crippen molar-refractivity contribution in [2.45, 2.75) is 78.1 Å². The van der Waals surface area contributed by atoms with E-state index in [0.29, 0.717) is 0 Å². The average Bonchev–Trinajstić information content (AvgIpc) is 2.08. The van der Waals surface area contributed by atoms with Gasteiger partial charge in [0.15, 0.2) is 0 Å². The Bertz CT molecular complexity index is 188. The van der Waals surface area contributed by atoms with Gasteiger partial charge in [-0.25, -0.2) is 0 Å². The van der Waals surface area contributed by atoms with Crippen molar-refractivity contribution in [1.29, 1.82) is 0 Å². The third-order valence-electron chi connectivity index (χ3n) is 5.42. The molecule has 0 N–H and O–H groups in total. The molecule has 0 saturated heterocycles. The Labute approximate surface area is 102 Å². The normalized spacial score (nSPS) is 25.9. The predicted molar refractivity (Wildman–Crippen MR) is 71.5 cm³/mol. The van der Waals surface area contributed by atoms with Crippen molar-refractivity contribution >= 4 is 0 Å². The van der Waals surface area contributed by atoms with E-state index in [2.05, 4.69) is 13.8 Å². The van der Waals surface area contributed by atoms with Gasteiger partial charge in [0.2, 0.25) is 0 Å². The van der Waals surface area contributed by atoms with Crippen LogP contribution >= 0.6 is 0 Å². The molecular formula is C16H30. The second-order valence-corrected chi connectivity index (χ2v) is 6.49. The molecular weight excluding hydrogens is 192 g/mol. The van der Waals surface area contributed by atoms with Gasteiger partial charge in [-0.2, -0.15) is 0 Å². The molecule has 2 saturated carbocycles. The van der Waals surface area contributed by atoms with E-state index in [0.717, 1.165) is 23.7 Å². The highest BCUT2D eigenvalue weighted by Crippen LogP contribution is 2.41. The molecule has 2 unspecified atom stereocenters. The maximum atomic E-state index is 2.51. The highest BCUT2D eigenvalue weighted by molar-refractivity contribution is 4.80. The zero-order valence-corrected chi connectivity index (χ0v) is 11.4. The number of hydrogen-bond acceptors (Lipinski definition) is 0. The largest absolute Gasteiger partial charge is 0.0654 e. The fraction of sp³-hybridized carbons (Fsp3) is 1.00. The van der Waals surface area contributed by atoms with Crippen molar-refractivity contribution in [2.75, 3.05) is 0 Å². The van der Waals surface area contributed by atoms with Crippen LogP contribution in [-0.4, -0.2) is 0 Å². The fourth-order valence-corrected chi connectivity index (χ4v) is 3.62. The van der Waals surface area contributed by atoms with Crippen LogP contribution in [0.2, 0.25) is 0 Å². The summed E-state index contributed by atoms with van der Waals surface area (Å²) in [6, 6.07) is 0. The van der Waals surface area contributed by atoms with Gasteiger partial charge in [0.1, 0.15) is 0 Å².